The normalized spacial score (nSPS) is 14.8. The van der Waals surface area contributed by atoms with E-state index >= 15 is 0 Å². The molecule has 8 heteroatoms. The summed E-state index contributed by atoms with van der Waals surface area (Å²) >= 11 is 0. The van der Waals surface area contributed by atoms with Crippen LogP contribution >= 0.6 is 0 Å². The maximum atomic E-state index is 14.4. The molecule has 0 aliphatic carbocycles. The van der Waals surface area contributed by atoms with Gasteiger partial charge in [0.15, 0.2) is 9.84 Å². The molecular weight excluding hydrogens is 357 g/mol. The molecule has 2 aromatic rings. The van der Waals surface area contributed by atoms with Gasteiger partial charge < -0.3 is 4.74 Å². The number of sulfone groups is 1. The number of cyclic esters (lactones) is 1. The average Bonchev–Trinajstić information content (AvgIpc) is 2.86. The molecule has 0 saturated carbocycles. The molecule has 130 valence electrons. The monoisotopic (exact) mass is 368 g/mol. The molecule has 0 fully saturated rings. The second kappa shape index (κ2) is 6.03. The van der Waals surface area contributed by atoms with Crippen LogP contribution < -0.4 is 0 Å². The van der Waals surface area contributed by atoms with Crippen molar-refractivity contribution in [2.75, 3.05) is 12.9 Å². The molecule has 0 radical (unpaired) electrons. The lowest BCUT2D eigenvalue weighted by Crippen LogP contribution is -2.01. The minimum absolute atomic E-state index is 0.0714. The molecule has 0 bridgehead atoms. The first-order chi connectivity index (χ1) is 11.7. The molecule has 0 atom stereocenters. The van der Waals surface area contributed by atoms with Gasteiger partial charge in [-0.3, -0.25) is 0 Å². The molecule has 25 heavy (non-hydrogen) atoms. The van der Waals surface area contributed by atoms with Crippen LogP contribution in [0.1, 0.15) is 11.1 Å². The number of halogens is 3. The smallest absolute Gasteiger partial charge is 0.339 e. The van der Waals surface area contributed by atoms with Crippen LogP contribution in [0, 0.1) is 17.5 Å². The van der Waals surface area contributed by atoms with E-state index in [0.717, 1.165) is 24.5 Å². The van der Waals surface area contributed by atoms with E-state index in [4.69, 9.17) is 4.74 Å². The van der Waals surface area contributed by atoms with Gasteiger partial charge in [0.1, 0.15) is 24.1 Å². The molecule has 0 aromatic heterocycles. The molecule has 4 nitrogen and oxygen atoms in total. The predicted molar refractivity (Wildman–Crippen MR) is 83.6 cm³/mol. The van der Waals surface area contributed by atoms with Gasteiger partial charge in [-0.1, -0.05) is 6.07 Å². The summed E-state index contributed by atoms with van der Waals surface area (Å²) in [5.41, 5.74) is -0.225. The van der Waals surface area contributed by atoms with Gasteiger partial charge in [-0.25, -0.2) is 26.4 Å². The first-order valence-electron chi connectivity index (χ1n) is 7.03. The van der Waals surface area contributed by atoms with Gasteiger partial charge in [0.25, 0.3) is 0 Å². The molecule has 0 unspecified atom stereocenters. The first kappa shape index (κ1) is 17.2. The van der Waals surface area contributed by atoms with Gasteiger partial charge in [-0.2, -0.15) is 0 Å². The Morgan fingerprint density at radius 2 is 1.64 bits per heavy atom. The maximum Gasteiger partial charge on any atom is 0.339 e. The molecular formula is C17H11F3O4S. The Hall–Kier alpha value is -2.61. The summed E-state index contributed by atoms with van der Waals surface area (Å²) in [7, 11) is -3.61. The van der Waals surface area contributed by atoms with Crippen LogP contribution in [0.5, 0.6) is 0 Å². The third-order valence-electron chi connectivity index (χ3n) is 3.70. The summed E-state index contributed by atoms with van der Waals surface area (Å²) < 4.78 is 69.1. The van der Waals surface area contributed by atoms with E-state index < -0.39 is 33.3 Å². The zero-order chi connectivity index (χ0) is 18.4. The number of hydrogen-bond acceptors (Lipinski definition) is 4. The van der Waals surface area contributed by atoms with Gasteiger partial charge in [0.2, 0.25) is 0 Å². The fraction of sp³-hybridized carbons (Fsp3) is 0.118. The zero-order valence-electron chi connectivity index (χ0n) is 12.8. The van der Waals surface area contributed by atoms with E-state index in [2.05, 4.69) is 0 Å². The SMILES string of the molecule is CS(=O)(=O)c1ccc(C2=C(c3cc(F)cc(F)c3)C(=O)OC2)c(F)c1. The van der Waals surface area contributed by atoms with Crippen LogP contribution in [-0.4, -0.2) is 27.2 Å². The lowest BCUT2D eigenvalue weighted by molar-refractivity contribution is -0.133. The first-order valence-corrected chi connectivity index (χ1v) is 8.92. The highest BCUT2D eigenvalue weighted by molar-refractivity contribution is 7.90. The van der Waals surface area contributed by atoms with E-state index in [1.54, 1.807) is 0 Å². The summed E-state index contributed by atoms with van der Waals surface area (Å²) in [4.78, 5) is 11.8. The van der Waals surface area contributed by atoms with Crippen LogP contribution in [0.15, 0.2) is 41.3 Å². The third kappa shape index (κ3) is 3.30. The van der Waals surface area contributed by atoms with E-state index in [1.807, 2.05) is 0 Å². The van der Waals surface area contributed by atoms with E-state index in [9.17, 15) is 26.4 Å². The van der Waals surface area contributed by atoms with E-state index in [0.29, 0.717) is 6.07 Å². The Kier molecular flexibility index (Phi) is 4.16. The lowest BCUT2D eigenvalue weighted by atomic mass is 9.96. The van der Waals surface area contributed by atoms with Crippen molar-refractivity contribution in [2.45, 2.75) is 4.90 Å². The standard InChI is InChI=1S/C17H11F3O4S/c1-25(22,23)12-2-3-13(15(20)7-12)14-8-24-17(21)16(14)9-4-10(18)6-11(19)5-9/h2-7H,8H2,1H3. The van der Waals surface area contributed by atoms with Crippen molar-refractivity contribution < 1.29 is 31.1 Å². The van der Waals surface area contributed by atoms with E-state index in [-0.39, 0.29) is 33.8 Å². The molecule has 1 aliphatic rings. The molecule has 1 heterocycles. The molecule has 0 spiro atoms. The number of benzene rings is 2. The molecule has 0 saturated heterocycles. The topological polar surface area (TPSA) is 60.4 Å². The molecule has 1 aliphatic heterocycles. The molecule has 2 aromatic carbocycles. The number of carbonyl (C=O) groups is 1. The highest BCUT2D eigenvalue weighted by Crippen LogP contribution is 2.35. The second-order valence-electron chi connectivity index (χ2n) is 5.50. The summed E-state index contributed by atoms with van der Waals surface area (Å²) in [6, 6.07) is 5.73. The number of ether oxygens (including phenoxy) is 1. The maximum absolute atomic E-state index is 14.4. The van der Waals surface area contributed by atoms with Crippen molar-refractivity contribution in [3.05, 3.63) is 65.0 Å². The van der Waals surface area contributed by atoms with Crippen molar-refractivity contribution >= 4 is 27.0 Å². The number of hydrogen-bond donors (Lipinski definition) is 0. The third-order valence-corrected chi connectivity index (χ3v) is 4.81. The Balaban J connectivity index is 2.20. The summed E-state index contributed by atoms with van der Waals surface area (Å²) in [5.74, 6) is -3.51. The Labute approximate surface area is 141 Å². The fourth-order valence-corrected chi connectivity index (χ4v) is 3.21. The fourth-order valence-electron chi connectivity index (χ4n) is 2.58. The van der Waals surface area contributed by atoms with E-state index in [1.165, 1.54) is 12.1 Å². The molecule has 3 rings (SSSR count). The van der Waals surface area contributed by atoms with Crippen molar-refractivity contribution in [3.8, 4) is 0 Å². The lowest BCUT2D eigenvalue weighted by Gasteiger charge is -2.08. The Bertz CT molecular complexity index is 1010. The summed E-state index contributed by atoms with van der Waals surface area (Å²) in [5, 5.41) is 0. The number of rotatable bonds is 3. The number of esters is 1. The van der Waals surface area contributed by atoms with Crippen molar-refractivity contribution in [3.63, 3.8) is 0 Å². The zero-order valence-corrected chi connectivity index (χ0v) is 13.7. The highest BCUT2D eigenvalue weighted by atomic mass is 32.2. The van der Waals surface area contributed by atoms with Gasteiger partial charge in [-0.05, 0) is 29.8 Å². The minimum atomic E-state index is -3.61. The largest absolute Gasteiger partial charge is 0.457 e. The van der Waals surface area contributed by atoms with Crippen LogP contribution in [0.25, 0.3) is 11.1 Å². The summed E-state index contributed by atoms with van der Waals surface area (Å²) in [6.45, 7) is -0.290. The van der Waals surface area contributed by atoms with Crippen LogP contribution in [0.3, 0.4) is 0 Å². The van der Waals surface area contributed by atoms with Gasteiger partial charge >= 0.3 is 5.97 Å². The van der Waals surface area contributed by atoms with Crippen molar-refractivity contribution in [1.82, 2.24) is 0 Å². The molecule has 0 N–H and O–H groups in total. The quantitative estimate of drug-likeness (QED) is 0.782. The summed E-state index contributed by atoms with van der Waals surface area (Å²) in [6.07, 6.45) is 0.934. The van der Waals surface area contributed by atoms with Crippen LogP contribution in [-0.2, 0) is 19.4 Å². The van der Waals surface area contributed by atoms with Crippen LogP contribution in [0.2, 0.25) is 0 Å². The van der Waals surface area contributed by atoms with Crippen molar-refractivity contribution in [1.29, 1.82) is 0 Å². The minimum Gasteiger partial charge on any atom is -0.457 e. The van der Waals surface area contributed by atoms with Gasteiger partial charge in [0, 0.05) is 23.5 Å². The average molecular weight is 368 g/mol. The van der Waals surface area contributed by atoms with Gasteiger partial charge in [0.05, 0.1) is 10.5 Å². The highest BCUT2D eigenvalue weighted by Gasteiger charge is 2.29. The number of carbonyl (C=O) groups excluding carboxylic acids is 1. The Morgan fingerprint density at radius 1 is 1.00 bits per heavy atom. The van der Waals surface area contributed by atoms with Crippen molar-refractivity contribution in [2.24, 2.45) is 0 Å². The van der Waals surface area contributed by atoms with Gasteiger partial charge in [-0.15, -0.1) is 0 Å². The Morgan fingerprint density at radius 3 is 2.20 bits per heavy atom. The predicted octanol–water partition coefficient (Wildman–Crippen LogP) is 2.98. The second-order valence-corrected chi connectivity index (χ2v) is 7.52. The molecule has 0 amide bonds. The van der Waals surface area contributed by atoms with Crippen LogP contribution in [0.4, 0.5) is 13.2 Å².